The minimum absolute atomic E-state index is 0.0179. The number of hydrogen-bond donors (Lipinski definition) is 1. The number of benzene rings is 1. The molecule has 9 heteroatoms. The molecule has 9 nitrogen and oxygen atoms in total. The summed E-state index contributed by atoms with van der Waals surface area (Å²) in [5.41, 5.74) is 2.80. The van der Waals surface area contributed by atoms with Gasteiger partial charge in [0, 0.05) is 20.0 Å². The second kappa shape index (κ2) is 8.48. The van der Waals surface area contributed by atoms with Gasteiger partial charge < -0.3 is 10.1 Å². The topological polar surface area (TPSA) is 111 Å². The third-order valence-corrected chi connectivity index (χ3v) is 5.08. The lowest BCUT2D eigenvalue weighted by Gasteiger charge is -2.15. The number of carbonyl (C=O) groups is 4. The van der Waals surface area contributed by atoms with Gasteiger partial charge in [-0.1, -0.05) is 12.1 Å². The van der Waals surface area contributed by atoms with E-state index in [1.54, 1.807) is 42.9 Å². The van der Waals surface area contributed by atoms with Gasteiger partial charge in [0.05, 0.1) is 28.2 Å². The van der Waals surface area contributed by atoms with Crippen molar-refractivity contribution in [2.24, 2.45) is 7.05 Å². The van der Waals surface area contributed by atoms with Gasteiger partial charge in [-0.15, -0.1) is 0 Å². The van der Waals surface area contributed by atoms with Crippen molar-refractivity contribution < 1.29 is 23.9 Å². The summed E-state index contributed by atoms with van der Waals surface area (Å²) in [4.78, 5) is 50.2. The highest BCUT2D eigenvalue weighted by atomic mass is 16.5. The molecule has 1 aliphatic rings. The van der Waals surface area contributed by atoms with Gasteiger partial charge in [-0.3, -0.25) is 28.8 Å². The van der Waals surface area contributed by atoms with E-state index in [4.69, 9.17) is 4.74 Å². The number of amides is 3. The number of anilines is 1. The lowest BCUT2D eigenvalue weighted by atomic mass is 10.1. The van der Waals surface area contributed by atoms with Crippen molar-refractivity contribution in [3.05, 3.63) is 46.8 Å². The normalized spacial score (nSPS) is 13.9. The molecule has 2 aromatic rings. The van der Waals surface area contributed by atoms with Gasteiger partial charge in [-0.25, -0.2) is 0 Å². The van der Waals surface area contributed by atoms with Crippen LogP contribution in [-0.2, 0) is 21.4 Å². The highest BCUT2D eigenvalue weighted by Gasteiger charge is 2.34. The van der Waals surface area contributed by atoms with Crippen LogP contribution in [0.25, 0.3) is 0 Å². The van der Waals surface area contributed by atoms with Crippen LogP contribution in [-0.4, -0.2) is 51.0 Å². The number of aryl methyl sites for hydroxylation is 2. The molecule has 2 heterocycles. The summed E-state index contributed by atoms with van der Waals surface area (Å²) in [5.74, 6) is -1.75. The molecule has 1 aliphatic heterocycles. The van der Waals surface area contributed by atoms with Crippen LogP contribution in [0.4, 0.5) is 5.69 Å². The van der Waals surface area contributed by atoms with E-state index < -0.39 is 18.0 Å². The summed E-state index contributed by atoms with van der Waals surface area (Å²) in [7, 11) is 1.77. The van der Waals surface area contributed by atoms with E-state index in [-0.39, 0.29) is 31.2 Å². The Kier molecular flexibility index (Phi) is 6.00. The minimum atomic E-state index is -0.990. The monoisotopic (exact) mass is 412 g/mol. The van der Waals surface area contributed by atoms with Crippen molar-refractivity contribution in [1.82, 2.24) is 14.7 Å². The van der Waals surface area contributed by atoms with E-state index in [0.29, 0.717) is 22.5 Å². The summed E-state index contributed by atoms with van der Waals surface area (Å²) in [5, 5.41) is 6.95. The number of aromatic nitrogens is 2. The first kappa shape index (κ1) is 21.2. The van der Waals surface area contributed by atoms with Crippen LogP contribution in [0.2, 0.25) is 0 Å². The molecule has 0 saturated heterocycles. The van der Waals surface area contributed by atoms with Gasteiger partial charge in [0.2, 0.25) is 0 Å². The zero-order chi connectivity index (χ0) is 22.0. The molecular weight excluding hydrogens is 388 g/mol. The molecule has 3 amide bonds. The van der Waals surface area contributed by atoms with Crippen molar-refractivity contribution in [3.8, 4) is 0 Å². The van der Waals surface area contributed by atoms with Gasteiger partial charge in [-0.05, 0) is 39.3 Å². The molecular formula is C21H24N4O5. The predicted molar refractivity (Wildman–Crippen MR) is 108 cm³/mol. The molecule has 3 rings (SSSR count). The number of carbonyl (C=O) groups excluding carboxylic acids is 4. The Morgan fingerprint density at radius 3 is 2.27 bits per heavy atom. The smallest absolute Gasteiger partial charge is 0.306 e. The average molecular weight is 412 g/mol. The van der Waals surface area contributed by atoms with Crippen molar-refractivity contribution >= 4 is 29.4 Å². The highest BCUT2D eigenvalue weighted by Crippen LogP contribution is 2.23. The fraction of sp³-hybridized carbons (Fsp3) is 0.381. The molecule has 158 valence electrons. The SMILES string of the molecule is Cc1nn(C)c(C)c1NC(=O)[C@@H](C)OC(=O)CCCN1C(=O)c2ccccc2C1=O. The fourth-order valence-corrected chi connectivity index (χ4v) is 3.31. The number of nitrogens with one attached hydrogen (secondary N) is 1. The van der Waals surface area contributed by atoms with Crippen molar-refractivity contribution in [2.45, 2.75) is 39.7 Å². The molecule has 0 saturated carbocycles. The minimum Gasteiger partial charge on any atom is -0.453 e. The molecule has 1 aromatic heterocycles. The fourth-order valence-electron chi connectivity index (χ4n) is 3.31. The molecule has 30 heavy (non-hydrogen) atoms. The Labute approximate surface area is 174 Å². The summed E-state index contributed by atoms with van der Waals surface area (Å²) in [6.07, 6.45) is -0.758. The second-order valence-corrected chi connectivity index (χ2v) is 7.20. The third-order valence-electron chi connectivity index (χ3n) is 5.08. The lowest BCUT2D eigenvalue weighted by Crippen LogP contribution is -2.32. The van der Waals surface area contributed by atoms with Crippen molar-refractivity contribution in [3.63, 3.8) is 0 Å². The lowest BCUT2D eigenvalue weighted by molar-refractivity contribution is -0.153. The largest absolute Gasteiger partial charge is 0.453 e. The van der Waals surface area contributed by atoms with Crippen LogP contribution in [0.15, 0.2) is 24.3 Å². The first-order valence-electron chi connectivity index (χ1n) is 9.66. The summed E-state index contributed by atoms with van der Waals surface area (Å²) >= 11 is 0. The Morgan fingerprint density at radius 1 is 1.13 bits per heavy atom. The van der Waals surface area contributed by atoms with Crippen molar-refractivity contribution in [2.75, 3.05) is 11.9 Å². The van der Waals surface area contributed by atoms with Crippen LogP contribution < -0.4 is 5.32 Å². The standard InChI is InChI=1S/C21H24N4O5/c1-12-18(13(2)24(4)23-12)22-19(27)14(3)30-17(26)10-7-11-25-20(28)15-8-5-6-9-16(15)21(25)29/h5-6,8-9,14H,7,10-11H2,1-4H3,(H,22,27)/t14-/m1/s1. The molecule has 0 bridgehead atoms. The van der Waals surface area contributed by atoms with E-state index in [1.165, 1.54) is 6.92 Å². The molecule has 1 atom stereocenters. The Bertz CT molecular complexity index is 991. The summed E-state index contributed by atoms with van der Waals surface area (Å²) in [6, 6.07) is 6.61. The highest BCUT2D eigenvalue weighted by molar-refractivity contribution is 6.21. The first-order valence-corrected chi connectivity index (χ1v) is 9.66. The molecule has 0 aliphatic carbocycles. The van der Waals surface area contributed by atoms with Crippen LogP contribution in [0.1, 0.15) is 51.9 Å². The number of nitrogens with zero attached hydrogens (tertiary/aromatic N) is 3. The first-order chi connectivity index (χ1) is 14.2. The van der Waals surface area contributed by atoms with E-state index >= 15 is 0 Å². The van der Waals surface area contributed by atoms with Crippen LogP contribution in [0.3, 0.4) is 0 Å². The molecule has 0 spiro atoms. The van der Waals surface area contributed by atoms with Gasteiger partial charge in [-0.2, -0.15) is 5.10 Å². The number of fused-ring (bicyclic) bond motifs is 1. The summed E-state index contributed by atoms with van der Waals surface area (Å²) in [6.45, 7) is 5.19. The van der Waals surface area contributed by atoms with E-state index in [1.807, 2.05) is 6.92 Å². The van der Waals surface area contributed by atoms with Crippen LogP contribution >= 0.6 is 0 Å². The van der Waals surface area contributed by atoms with Gasteiger partial charge in [0.15, 0.2) is 6.10 Å². The number of rotatable bonds is 7. The van der Waals surface area contributed by atoms with Crippen LogP contribution in [0, 0.1) is 13.8 Å². The maximum absolute atomic E-state index is 12.3. The molecule has 1 aromatic carbocycles. The second-order valence-electron chi connectivity index (χ2n) is 7.20. The predicted octanol–water partition coefficient (Wildman–Crippen LogP) is 1.98. The van der Waals surface area contributed by atoms with E-state index in [9.17, 15) is 19.2 Å². The zero-order valence-electron chi connectivity index (χ0n) is 17.4. The van der Waals surface area contributed by atoms with Crippen molar-refractivity contribution in [1.29, 1.82) is 0 Å². The van der Waals surface area contributed by atoms with Gasteiger partial charge in [0.1, 0.15) is 0 Å². The quantitative estimate of drug-likeness (QED) is 0.550. The van der Waals surface area contributed by atoms with Crippen LogP contribution in [0.5, 0.6) is 0 Å². The number of ether oxygens (including phenoxy) is 1. The Balaban J connectivity index is 1.47. The van der Waals surface area contributed by atoms with Gasteiger partial charge in [0.25, 0.3) is 17.7 Å². The maximum atomic E-state index is 12.3. The maximum Gasteiger partial charge on any atom is 0.306 e. The number of hydrogen-bond acceptors (Lipinski definition) is 6. The van der Waals surface area contributed by atoms with Gasteiger partial charge >= 0.3 is 5.97 Å². The average Bonchev–Trinajstić information content (AvgIpc) is 3.09. The summed E-state index contributed by atoms with van der Waals surface area (Å²) < 4.78 is 6.84. The van der Waals surface area contributed by atoms with E-state index in [0.717, 1.165) is 10.6 Å². The number of imide groups is 1. The molecule has 0 unspecified atom stereocenters. The molecule has 1 N–H and O–H groups in total. The van der Waals surface area contributed by atoms with E-state index in [2.05, 4.69) is 10.4 Å². The third kappa shape index (κ3) is 4.10. The Morgan fingerprint density at radius 2 is 1.73 bits per heavy atom. The molecule has 0 radical (unpaired) electrons. The Hall–Kier alpha value is -3.49. The number of esters is 1. The zero-order valence-corrected chi connectivity index (χ0v) is 17.4. The molecule has 0 fully saturated rings.